The van der Waals surface area contributed by atoms with Gasteiger partial charge in [0.1, 0.15) is 28.5 Å². The highest BCUT2D eigenvalue weighted by atomic mass is 32.1. The van der Waals surface area contributed by atoms with Gasteiger partial charge in [-0.15, -0.1) is 11.3 Å². The van der Waals surface area contributed by atoms with Crippen LogP contribution in [0.1, 0.15) is 81.2 Å². The van der Waals surface area contributed by atoms with E-state index in [0.29, 0.717) is 30.8 Å². The zero-order chi connectivity index (χ0) is 34.3. The normalized spacial score (nSPS) is 18.8. The van der Waals surface area contributed by atoms with Gasteiger partial charge in [-0.1, -0.05) is 44.2 Å². The smallest absolute Gasteiger partial charge is 0.358 e. The fraction of sp³-hybridized carbons (Fsp3) is 0.387. The Hall–Kier alpha value is -5.25. The number of amides is 4. The van der Waals surface area contributed by atoms with Crippen molar-refractivity contribution in [3.8, 4) is 0 Å². The average Bonchev–Trinajstić information content (AvgIpc) is 3.56. The van der Waals surface area contributed by atoms with Crippen LogP contribution in [0.15, 0.2) is 48.1 Å². The minimum absolute atomic E-state index is 0.0594. The van der Waals surface area contributed by atoms with E-state index in [2.05, 4.69) is 41.0 Å². The van der Waals surface area contributed by atoms with Crippen LogP contribution in [-0.2, 0) is 25.5 Å². The minimum Gasteiger partial charge on any atom is -0.483 e. The fourth-order valence-corrected chi connectivity index (χ4v) is 5.58. The summed E-state index contributed by atoms with van der Waals surface area (Å²) in [6.07, 6.45) is 3.85. The summed E-state index contributed by atoms with van der Waals surface area (Å²) in [5.41, 5.74) is 0.898. The molecule has 1 aliphatic rings. The number of carbonyl (C=O) groups is 6. The van der Waals surface area contributed by atoms with Crippen LogP contribution in [0.5, 0.6) is 0 Å². The van der Waals surface area contributed by atoms with Gasteiger partial charge in [-0.25, -0.2) is 19.7 Å². The average molecular weight is 668 g/mol. The molecule has 250 valence electrons. The highest BCUT2D eigenvalue weighted by Crippen LogP contribution is 2.26. The van der Waals surface area contributed by atoms with E-state index in [1.807, 2.05) is 44.2 Å². The summed E-state index contributed by atoms with van der Waals surface area (Å²) in [4.78, 5) is 85.3. The Bertz CT molecular complexity index is 1530. The van der Waals surface area contributed by atoms with Gasteiger partial charge in [0.15, 0.2) is 5.69 Å². The van der Waals surface area contributed by atoms with Crippen LogP contribution in [0.2, 0.25) is 0 Å². The van der Waals surface area contributed by atoms with Crippen LogP contribution in [0, 0.1) is 5.92 Å². The summed E-state index contributed by atoms with van der Waals surface area (Å²) in [5, 5.41) is 20.4. The SMILES string of the molecule is COC(=O)c1cnc(C(=O)N[C@H]2CCCCNC(=O)[C@@H](Cc3ccccc3)NC(=O)c3csc(n3)[C@@H](C(C)C)NC2=O)cn1.O=CO. The molecule has 4 rings (SSSR count). The molecule has 47 heavy (non-hydrogen) atoms. The molecule has 1 aromatic carbocycles. The van der Waals surface area contributed by atoms with Crippen LogP contribution < -0.4 is 21.3 Å². The van der Waals surface area contributed by atoms with E-state index in [1.54, 1.807) is 5.38 Å². The molecule has 0 spiro atoms. The maximum atomic E-state index is 13.5. The van der Waals surface area contributed by atoms with Crippen molar-refractivity contribution in [2.75, 3.05) is 13.7 Å². The van der Waals surface area contributed by atoms with Gasteiger partial charge in [0.05, 0.1) is 25.5 Å². The first kappa shape index (κ1) is 36.2. The van der Waals surface area contributed by atoms with Gasteiger partial charge in [-0.05, 0) is 30.7 Å². The molecule has 3 heterocycles. The monoisotopic (exact) mass is 667 g/mol. The van der Waals surface area contributed by atoms with E-state index in [1.165, 1.54) is 18.4 Å². The van der Waals surface area contributed by atoms with E-state index in [0.717, 1.165) is 18.0 Å². The van der Waals surface area contributed by atoms with Crippen LogP contribution in [0.3, 0.4) is 0 Å². The van der Waals surface area contributed by atoms with Gasteiger partial charge in [-0.3, -0.25) is 24.0 Å². The largest absolute Gasteiger partial charge is 0.483 e. The molecule has 1 aliphatic heterocycles. The number of carboxylic acid groups (broad SMARTS) is 1. The predicted octanol–water partition coefficient (Wildman–Crippen LogP) is 1.67. The lowest BCUT2D eigenvalue weighted by atomic mass is 10.0. The number of hydrogen-bond acceptors (Lipinski definition) is 11. The van der Waals surface area contributed by atoms with Gasteiger partial charge >= 0.3 is 5.97 Å². The number of benzene rings is 1. The Balaban J connectivity index is 0.00000192. The van der Waals surface area contributed by atoms with E-state index in [-0.39, 0.29) is 41.8 Å². The van der Waals surface area contributed by atoms with Crippen molar-refractivity contribution in [3.05, 3.63) is 75.8 Å². The van der Waals surface area contributed by atoms with Crippen molar-refractivity contribution in [1.29, 1.82) is 0 Å². The zero-order valence-electron chi connectivity index (χ0n) is 26.1. The molecular weight excluding hydrogens is 630 g/mol. The van der Waals surface area contributed by atoms with Gasteiger partial charge in [0.25, 0.3) is 18.3 Å². The molecule has 15 nitrogen and oxygen atoms in total. The van der Waals surface area contributed by atoms with Crippen LogP contribution >= 0.6 is 11.3 Å². The van der Waals surface area contributed by atoms with Gasteiger partial charge in [0.2, 0.25) is 11.8 Å². The van der Waals surface area contributed by atoms with E-state index >= 15 is 0 Å². The van der Waals surface area contributed by atoms with Crippen LogP contribution in [-0.4, -0.2) is 81.9 Å². The molecule has 2 aromatic heterocycles. The molecule has 0 saturated heterocycles. The second-order valence-corrected chi connectivity index (χ2v) is 11.6. The second-order valence-electron chi connectivity index (χ2n) is 10.7. The summed E-state index contributed by atoms with van der Waals surface area (Å²) >= 11 is 1.22. The third-order valence-corrected chi connectivity index (χ3v) is 7.94. The minimum atomic E-state index is -0.942. The number of methoxy groups -OCH3 is 1. The number of rotatable bonds is 6. The van der Waals surface area contributed by atoms with E-state index in [4.69, 9.17) is 9.90 Å². The summed E-state index contributed by atoms with van der Waals surface area (Å²) in [7, 11) is 1.21. The predicted molar refractivity (Wildman–Crippen MR) is 169 cm³/mol. The molecule has 16 heteroatoms. The summed E-state index contributed by atoms with van der Waals surface area (Å²) < 4.78 is 4.61. The van der Waals surface area contributed by atoms with Crippen LogP contribution in [0.4, 0.5) is 0 Å². The molecule has 4 amide bonds. The number of ether oxygens (including phenoxy) is 1. The maximum absolute atomic E-state index is 13.5. The number of esters is 1. The van der Waals surface area contributed by atoms with Crippen molar-refractivity contribution in [2.45, 2.75) is 57.7 Å². The van der Waals surface area contributed by atoms with Crippen LogP contribution in [0.25, 0.3) is 0 Å². The molecule has 2 bridgehead atoms. The van der Waals surface area contributed by atoms with E-state index < -0.39 is 41.8 Å². The topological polar surface area (TPSA) is 219 Å². The highest BCUT2D eigenvalue weighted by molar-refractivity contribution is 7.09. The Morgan fingerprint density at radius 1 is 1.06 bits per heavy atom. The number of aromatic nitrogens is 3. The van der Waals surface area contributed by atoms with E-state index in [9.17, 15) is 24.0 Å². The van der Waals surface area contributed by atoms with Gasteiger partial charge < -0.3 is 31.1 Å². The molecule has 0 saturated carbocycles. The lowest BCUT2D eigenvalue weighted by Crippen LogP contribution is -2.49. The molecular formula is C31H37N7O8S. The summed E-state index contributed by atoms with van der Waals surface area (Å²) in [6.45, 7) is 3.88. The third-order valence-electron chi connectivity index (χ3n) is 7.01. The lowest BCUT2D eigenvalue weighted by Gasteiger charge is -2.25. The zero-order valence-corrected chi connectivity index (χ0v) is 26.9. The van der Waals surface area contributed by atoms with Gasteiger partial charge in [0, 0.05) is 18.3 Å². The summed E-state index contributed by atoms with van der Waals surface area (Å²) in [5.74, 6) is -2.69. The molecule has 0 fully saturated rings. The number of nitrogens with one attached hydrogen (secondary N) is 4. The molecule has 5 N–H and O–H groups in total. The molecule has 0 unspecified atom stereocenters. The molecule has 0 radical (unpaired) electrons. The number of nitrogens with zero attached hydrogens (tertiary/aromatic N) is 3. The second kappa shape index (κ2) is 18.0. The lowest BCUT2D eigenvalue weighted by molar-refractivity contribution is -0.124. The first-order valence-electron chi connectivity index (χ1n) is 14.7. The van der Waals surface area contributed by atoms with Crippen molar-refractivity contribution in [2.24, 2.45) is 5.92 Å². The Morgan fingerprint density at radius 2 is 1.74 bits per heavy atom. The number of hydrogen-bond donors (Lipinski definition) is 5. The maximum Gasteiger partial charge on any atom is 0.358 e. The van der Waals surface area contributed by atoms with Crippen molar-refractivity contribution in [3.63, 3.8) is 0 Å². The number of fused-ring (bicyclic) bond motifs is 2. The fourth-order valence-electron chi connectivity index (χ4n) is 4.56. The Labute approximate surface area is 274 Å². The molecule has 0 aliphatic carbocycles. The highest BCUT2D eigenvalue weighted by Gasteiger charge is 2.30. The summed E-state index contributed by atoms with van der Waals surface area (Å²) in [6, 6.07) is 7.11. The Kier molecular flexibility index (Phi) is 13.9. The molecule has 3 atom stereocenters. The third kappa shape index (κ3) is 10.7. The first-order chi connectivity index (χ1) is 22.6. The molecule has 3 aromatic rings. The number of carbonyl (C=O) groups excluding carboxylic acids is 5. The Morgan fingerprint density at radius 3 is 2.38 bits per heavy atom. The van der Waals surface area contributed by atoms with Gasteiger partial charge in [-0.2, -0.15) is 0 Å². The van der Waals surface area contributed by atoms with Crippen molar-refractivity contribution >= 4 is 47.4 Å². The first-order valence-corrected chi connectivity index (χ1v) is 15.6. The standard InChI is InChI=1S/C30H35N7O6S.CH2O2/c1-17(2)24-29-36-23(16-44-29)28(41)35-20(13-18-9-5-4-6-10-18)25(38)31-12-8-7-11-19(26(39)37-24)34-27(40)21-14-33-22(15-32-21)30(42)43-3;2-1-3/h4-6,9-10,14-17,19-20,24H,7-8,11-13H2,1-3H3,(H,31,38)(H,34,40)(H,35,41)(H,37,39);1H,(H,2,3)/t19-,20+,24+;/m0./s1. The quantitative estimate of drug-likeness (QED) is 0.188. The van der Waals surface area contributed by atoms with Crippen molar-refractivity contribution in [1.82, 2.24) is 36.2 Å². The number of thiazole rings is 1. The van der Waals surface area contributed by atoms with Crippen molar-refractivity contribution < 1.29 is 38.6 Å².